The van der Waals surface area contributed by atoms with Crippen molar-refractivity contribution >= 4 is 5.97 Å². The third-order valence-corrected chi connectivity index (χ3v) is 2.16. The largest absolute Gasteiger partial charge is 0.476 e. The zero-order valence-electron chi connectivity index (χ0n) is 10.1. The van der Waals surface area contributed by atoms with Crippen molar-refractivity contribution in [1.82, 2.24) is 25.1 Å². The molecule has 2 rings (SSSR count). The first kappa shape index (κ1) is 12.2. The number of hydrogen-bond donors (Lipinski definition) is 1. The normalized spacial score (nSPS) is 11.1. The smallest absolute Gasteiger partial charge is 0.358 e. The first-order chi connectivity index (χ1) is 8.54. The molecule has 0 aliphatic heterocycles. The highest BCUT2D eigenvalue weighted by atomic mass is 16.5. The maximum absolute atomic E-state index is 10.6. The minimum atomic E-state index is -1.12. The lowest BCUT2D eigenvalue weighted by Gasteiger charge is -1.96. The third kappa shape index (κ3) is 2.90. The Balaban J connectivity index is 2.04. The molecule has 0 aromatic carbocycles. The molecule has 0 radical (unpaired) electrons. The van der Waals surface area contributed by atoms with E-state index in [1.807, 2.05) is 0 Å². The van der Waals surface area contributed by atoms with Gasteiger partial charge in [-0.1, -0.05) is 24.2 Å². The van der Waals surface area contributed by atoms with Crippen molar-refractivity contribution < 1.29 is 14.4 Å². The van der Waals surface area contributed by atoms with Crippen molar-refractivity contribution in [3.8, 4) is 0 Å². The molecule has 0 unspecified atom stereocenters. The fourth-order valence-corrected chi connectivity index (χ4v) is 1.41. The van der Waals surface area contributed by atoms with E-state index >= 15 is 0 Å². The van der Waals surface area contributed by atoms with Crippen molar-refractivity contribution in [2.45, 2.75) is 26.8 Å². The quantitative estimate of drug-likeness (QED) is 0.829. The van der Waals surface area contributed by atoms with Gasteiger partial charge in [-0.15, -0.1) is 5.10 Å². The van der Waals surface area contributed by atoms with Crippen LogP contribution in [0.3, 0.4) is 0 Å². The van der Waals surface area contributed by atoms with Crippen molar-refractivity contribution in [1.29, 1.82) is 0 Å². The molecule has 18 heavy (non-hydrogen) atoms. The second-order valence-corrected chi connectivity index (χ2v) is 4.31. The molecular formula is C10H13N5O3. The fraction of sp³-hybridized carbons (Fsp3) is 0.500. The van der Waals surface area contributed by atoms with Crippen LogP contribution in [0, 0.1) is 5.92 Å². The summed E-state index contributed by atoms with van der Waals surface area (Å²) in [5.74, 6) is 0.346. The van der Waals surface area contributed by atoms with Gasteiger partial charge in [-0.25, -0.2) is 9.48 Å². The van der Waals surface area contributed by atoms with E-state index in [1.54, 1.807) is 0 Å². The second-order valence-electron chi connectivity index (χ2n) is 4.31. The van der Waals surface area contributed by atoms with Crippen LogP contribution in [-0.2, 0) is 13.0 Å². The molecule has 8 nitrogen and oxygen atoms in total. The second kappa shape index (κ2) is 4.94. The van der Waals surface area contributed by atoms with E-state index in [0.717, 1.165) is 6.42 Å². The van der Waals surface area contributed by atoms with Gasteiger partial charge >= 0.3 is 5.97 Å². The predicted molar refractivity (Wildman–Crippen MR) is 58.9 cm³/mol. The Morgan fingerprint density at radius 2 is 2.33 bits per heavy atom. The number of carboxylic acid groups (broad SMARTS) is 1. The summed E-state index contributed by atoms with van der Waals surface area (Å²) < 4.78 is 6.39. The van der Waals surface area contributed by atoms with Crippen LogP contribution in [0.25, 0.3) is 0 Å². The molecule has 2 aromatic rings. The summed E-state index contributed by atoms with van der Waals surface area (Å²) in [6, 6.07) is 0. The van der Waals surface area contributed by atoms with Gasteiger partial charge in [0, 0.05) is 6.42 Å². The topological polar surface area (TPSA) is 107 Å². The molecule has 0 spiro atoms. The van der Waals surface area contributed by atoms with E-state index in [1.165, 1.54) is 10.9 Å². The number of nitrogens with zero attached hydrogens (tertiary/aromatic N) is 5. The van der Waals surface area contributed by atoms with E-state index in [-0.39, 0.29) is 12.2 Å². The first-order valence-electron chi connectivity index (χ1n) is 5.49. The molecule has 8 heteroatoms. The van der Waals surface area contributed by atoms with E-state index in [9.17, 15) is 4.79 Å². The highest BCUT2D eigenvalue weighted by Crippen LogP contribution is 2.06. The number of carbonyl (C=O) groups is 1. The van der Waals surface area contributed by atoms with Gasteiger partial charge in [-0.2, -0.15) is 4.98 Å². The van der Waals surface area contributed by atoms with Crippen molar-refractivity contribution in [3.05, 3.63) is 23.6 Å². The Hall–Kier alpha value is -2.25. The van der Waals surface area contributed by atoms with Gasteiger partial charge in [0.2, 0.25) is 5.89 Å². The Morgan fingerprint density at radius 1 is 1.56 bits per heavy atom. The van der Waals surface area contributed by atoms with Gasteiger partial charge in [-0.05, 0) is 5.92 Å². The van der Waals surface area contributed by atoms with Crippen LogP contribution in [-0.4, -0.2) is 36.2 Å². The van der Waals surface area contributed by atoms with Gasteiger partial charge in [-0.3, -0.25) is 0 Å². The van der Waals surface area contributed by atoms with Gasteiger partial charge in [0.1, 0.15) is 6.54 Å². The predicted octanol–water partition coefficient (Wildman–Crippen LogP) is 0.606. The summed E-state index contributed by atoms with van der Waals surface area (Å²) in [5, 5.41) is 19.7. The Kier molecular flexibility index (Phi) is 3.35. The highest BCUT2D eigenvalue weighted by Gasteiger charge is 2.12. The number of rotatable bonds is 5. The molecule has 0 saturated carbocycles. The highest BCUT2D eigenvalue weighted by molar-refractivity contribution is 5.84. The molecule has 0 aliphatic rings. The number of aromatic carboxylic acids is 1. The van der Waals surface area contributed by atoms with E-state index < -0.39 is 5.97 Å². The summed E-state index contributed by atoms with van der Waals surface area (Å²) in [7, 11) is 0. The lowest BCUT2D eigenvalue weighted by atomic mass is 10.1. The Labute approximate surface area is 103 Å². The molecule has 96 valence electrons. The van der Waals surface area contributed by atoms with Crippen LogP contribution >= 0.6 is 0 Å². The molecule has 0 fully saturated rings. The van der Waals surface area contributed by atoms with Crippen LogP contribution in [0.15, 0.2) is 10.7 Å². The van der Waals surface area contributed by atoms with E-state index in [2.05, 4.69) is 34.3 Å². The molecular weight excluding hydrogens is 238 g/mol. The molecule has 0 saturated heterocycles. The summed E-state index contributed by atoms with van der Waals surface area (Å²) in [6.45, 7) is 4.34. The van der Waals surface area contributed by atoms with E-state index in [0.29, 0.717) is 17.6 Å². The zero-order valence-corrected chi connectivity index (χ0v) is 10.1. The van der Waals surface area contributed by atoms with Gasteiger partial charge < -0.3 is 9.63 Å². The lowest BCUT2D eigenvalue weighted by Crippen LogP contribution is -2.02. The van der Waals surface area contributed by atoms with Gasteiger partial charge in [0.25, 0.3) is 0 Å². The van der Waals surface area contributed by atoms with E-state index in [4.69, 9.17) is 9.63 Å². The first-order valence-corrected chi connectivity index (χ1v) is 5.49. The summed E-state index contributed by atoms with van der Waals surface area (Å²) in [5.41, 5.74) is -0.114. The lowest BCUT2D eigenvalue weighted by molar-refractivity contribution is 0.0690. The average Bonchev–Trinajstić information content (AvgIpc) is 2.88. The fourth-order valence-electron chi connectivity index (χ4n) is 1.41. The summed E-state index contributed by atoms with van der Waals surface area (Å²) >= 11 is 0. The SMILES string of the molecule is CC(C)Cc1noc(Cn2cc(C(=O)O)nn2)n1. The van der Waals surface area contributed by atoms with Crippen LogP contribution in [0.2, 0.25) is 0 Å². The monoisotopic (exact) mass is 251 g/mol. The van der Waals surface area contributed by atoms with Crippen LogP contribution in [0.4, 0.5) is 0 Å². The molecule has 0 aliphatic carbocycles. The van der Waals surface area contributed by atoms with Gasteiger partial charge in [0.05, 0.1) is 6.20 Å². The summed E-state index contributed by atoms with van der Waals surface area (Å²) in [6.07, 6.45) is 2.05. The zero-order chi connectivity index (χ0) is 13.1. The minimum absolute atomic E-state index is 0.114. The van der Waals surface area contributed by atoms with Crippen LogP contribution in [0.1, 0.15) is 36.1 Å². The Morgan fingerprint density at radius 3 is 2.94 bits per heavy atom. The van der Waals surface area contributed by atoms with Crippen molar-refractivity contribution in [3.63, 3.8) is 0 Å². The molecule has 0 atom stereocenters. The number of hydrogen-bond acceptors (Lipinski definition) is 6. The maximum Gasteiger partial charge on any atom is 0.358 e. The molecule has 0 amide bonds. The third-order valence-electron chi connectivity index (χ3n) is 2.16. The standard InChI is InChI=1S/C10H13N5O3/c1-6(2)3-8-11-9(18-13-8)5-15-4-7(10(16)17)12-14-15/h4,6H,3,5H2,1-2H3,(H,16,17). The van der Waals surface area contributed by atoms with Crippen LogP contribution < -0.4 is 0 Å². The number of carboxylic acids is 1. The number of aromatic nitrogens is 5. The van der Waals surface area contributed by atoms with Crippen LogP contribution in [0.5, 0.6) is 0 Å². The summed E-state index contributed by atoms with van der Waals surface area (Å²) in [4.78, 5) is 14.8. The average molecular weight is 251 g/mol. The minimum Gasteiger partial charge on any atom is -0.476 e. The molecule has 2 aromatic heterocycles. The molecule has 0 bridgehead atoms. The maximum atomic E-state index is 10.6. The van der Waals surface area contributed by atoms with Gasteiger partial charge in [0.15, 0.2) is 11.5 Å². The molecule has 2 heterocycles. The molecule has 1 N–H and O–H groups in total. The van der Waals surface area contributed by atoms with Crippen molar-refractivity contribution in [2.24, 2.45) is 5.92 Å². The van der Waals surface area contributed by atoms with Crippen molar-refractivity contribution in [2.75, 3.05) is 0 Å². The Bertz CT molecular complexity index is 545.